The van der Waals surface area contributed by atoms with Gasteiger partial charge >= 0.3 is 5.97 Å². The Hall–Kier alpha value is -1.82. The van der Waals surface area contributed by atoms with Gasteiger partial charge in [0.1, 0.15) is 6.61 Å². The minimum atomic E-state index is -0.355. The third-order valence-electron chi connectivity index (χ3n) is 2.27. The number of ether oxygens (including phenoxy) is 1. The van der Waals surface area contributed by atoms with E-state index in [1.165, 1.54) is 0 Å². The van der Waals surface area contributed by atoms with Gasteiger partial charge in [-0.3, -0.25) is 0 Å². The lowest BCUT2D eigenvalue weighted by Gasteiger charge is -2.07. The summed E-state index contributed by atoms with van der Waals surface area (Å²) in [6.07, 6.45) is 0.233. The molecule has 0 fully saturated rings. The molecule has 0 amide bonds. The molecule has 0 saturated heterocycles. The van der Waals surface area contributed by atoms with E-state index in [0.717, 1.165) is 11.1 Å². The minimum Gasteiger partial charge on any atom is -0.461 e. The summed E-state index contributed by atoms with van der Waals surface area (Å²) in [5.41, 5.74) is 2.57. The van der Waals surface area contributed by atoms with E-state index < -0.39 is 0 Å². The van der Waals surface area contributed by atoms with E-state index in [-0.39, 0.29) is 19.0 Å². The zero-order valence-electron chi connectivity index (χ0n) is 8.91. The SMILES string of the molecule is Cc1cccc(C(=O)OCCC#N)c1C. The Morgan fingerprint density at radius 2 is 2.20 bits per heavy atom. The van der Waals surface area contributed by atoms with Crippen LogP contribution in [-0.2, 0) is 4.74 Å². The Bertz CT molecular complexity index is 405. The number of esters is 1. The number of carbonyl (C=O) groups excluding carboxylic acids is 1. The van der Waals surface area contributed by atoms with Gasteiger partial charge in [-0.25, -0.2) is 4.79 Å². The second kappa shape index (κ2) is 5.16. The third kappa shape index (κ3) is 2.81. The van der Waals surface area contributed by atoms with Crippen molar-refractivity contribution in [3.8, 4) is 6.07 Å². The van der Waals surface area contributed by atoms with Crippen molar-refractivity contribution in [1.82, 2.24) is 0 Å². The Morgan fingerprint density at radius 1 is 1.47 bits per heavy atom. The molecule has 3 nitrogen and oxygen atoms in total. The van der Waals surface area contributed by atoms with Gasteiger partial charge in [0.05, 0.1) is 18.1 Å². The molecule has 0 atom stereocenters. The first-order chi connectivity index (χ1) is 7.16. The zero-order valence-corrected chi connectivity index (χ0v) is 8.91. The van der Waals surface area contributed by atoms with Crippen molar-refractivity contribution < 1.29 is 9.53 Å². The highest BCUT2D eigenvalue weighted by Gasteiger charge is 2.10. The number of nitrogens with zero attached hydrogens (tertiary/aromatic N) is 1. The summed E-state index contributed by atoms with van der Waals surface area (Å²) in [5.74, 6) is -0.355. The van der Waals surface area contributed by atoms with E-state index in [1.54, 1.807) is 6.07 Å². The Balaban J connectivity index is 2.75. The largest absolute Gasteiger partial charge is 0.461 e. The van der Waals surface area contributed by atoms with Crippen LogP contribution in [0.1, 0.15) is 27.9 Å². The van der Waals surface area contributed by atoms with Crippen LogP contribution < -0.4 is 0 Å². The van der Waals surface area contributed by atoms with Gasteiger partial charge in [0, 0.05) is 0 Å². The van der Waals surface area contributed by atoms with Crippen molar-refractivity contribution in [2.45, 2.75) is 20.3 Å². The highest BCUT2D eigenvalue weighted by molar-refractivity contribution is 5.91. The topological polar surface area (TPSA) is 50.1 Å². The van der Waals surface area contributed by atoms with Gasteiger partial charge in [-0.1, -0.05) is 12.1 Å². The van der Waals surface area contributed by atoms with Crippen LogP contribution in [0.25, 0.3) is 0 Å². The minimum absolute atomic E-state index is 0.155. The summed E-state index contributed by atoms with van der Waals surface area (Å²) < 4.78 is 4.94. The van der Waals surface area contributed by atoms with E-state index in [4.69, 9.17) is 10.00 Å². The summed E-state index contributed by atoms with van der Waals surface area (Å²) in [6, 6.07) is 7.42. The van der Waals surface area contributed by atoms with E-state index in [0.29, 0.717) is 5.56 Å². The molecule has 0 unspecified atom stereocenters. The van der Waals surface area contributed by atoms with E-state index in [9.17, 15) is 4.79 Å². The van der Waals surface area contributed by atoms with Gasteiger partial charge in [0.15, 0.2) is 0 Å². The van der Waals surface area contributed by atoms with Crippen molar-refractivity contribution in [2.24, 2.45) is 0 Å². The number of aryl methyl sites for hydroxylation is 1. The van der Waals surface area contributed by atoms with Gasteiger partial charge in [-0.05, 0) is 31.0 Å². The molecule has 1 aromatic rings. The second-order valence-electron chi connectivity index (χ2n) is 3.29. The molecule has 0 radical (unpaired) electrons. The fraction of sp³-hybridized carbons (Fsp3) is 0.333. The van der Waals surface area contributed by atoms with Crippen LogP contribution in [0, 0.1) is 25.2 Å². The predicted molar refractivity (Wildman–Crippen MR) is 56.4 cm³/mol. The number of rotatable bonds is 3. The number of hydrogen-bond acceptors (Lipinski definition) is 3. The van der Waals surface area contributed by atoms with E-state index >= 15 is 0 Å². The van der Waals surface area contributed by atoms with Gasteiger partial charge in [0.25, 0.3) is 0 Å². The maximum atomic E-state index is 11.6. The normalized spacial score (nSPS) is 9.40. The second-order valence-corrected chi connectivity index (χ2v) is 3.29. The fourth-order valence-corrected chi connectivity index (χ4v) is 1.24. The number of nitriles is 1. The third-order valence-corrected chi connectivity index (χ3v) is 2.27. The smallest absolute Gasteiger partial charge is 0.338 e. The highest BCUT2D eigenvalue weighted by atomic mass is 16.5. The van der Waals surface area contributed by atoms with Crippen molar-refractivity contribution in [3.63, 3.8) is 0 Å². The monoisotopic (exact) mass is 203 g/mol. The first kappa shape index (κ1) is 11.3. The standard InChI is InChI=1S/C12H13NO2/c1-9-5-3-6-11(10(9)2)12(14)15-8-4-7-13/h3,5-6H,4,8H2,1-2H3. The molecule has 0 saturated carbocycles. The van der Waals surface area contributed by atoms with Crippen LogP contribution >= 0.6 is 0 Å². The van der Waals surface area contributed by atoms with Crippen LogP contribution in [0.5, 0.6) is 0 Å². The Morgan fingerprint density at radius 3 is 2.87 bits per heavy atom. The Labute approximate surface area is 89.3 Å². The number of carbonyl (C=O) groups is 1. The first-order valence-electron chi connectivity index (χ1n) is 4.77. The molecule has 1 rings (SSSR count). The van der Waals surface area contributed by atoms with Crippen LogP contribution in [0.3, 0.4) is 0 Å². The quantitative estimate of drug-likeness (QED) is 0.559. The summed E-state index contributed by atoms with van der Waals surface area (Å²) in [6.45, 7) is 3.99. The molecule has 3 heteroatoms. The molecule has 0 N–H and O–H groups in total. The molecule has 0 aliphatic heterocycles. The lowest BCUT2D eigenvalue weighted by Crippen LogP contribution is -2.08. The van der Waals surface area contributed by atoms with Crippen molar-refractivity contribution >= 4 is 5.97 Å². The molecule has 78 valence electrons. The molecule has 0 spiro atoms. The van der Waals surface area contributed by atoms with Crippen LogP contribution in [0.2, 0.25) is 0 Å². The van der Waals surface area contributed by atoms with E-state index in [1.807, 2.05) is 32.0 Å². The van der Waals surface area contributed by atoms with Crippen molar-refractivity contribution in [3.05, 3.63) is 34.9 Å². The summed E-state index contributed by atoms with van der Waals surface area (Å²) >= 11 is 0. The molecule has 0 bridgehead atoms. The van der Waals surface area contributed by atoms with Gasteiger partial charge < -0.3 is 4.74 Å². The first-order valence-corrected chi connectivity index (χ1v) is 4.77. The molecule has 0 aromatic heterocycles. The van der Waals surface area contributed by atoms with Gasteiger partial charge in [0.2, 0.25) is 0 Å². The van der Waals surface area contributed by atoms with Crippen LogP contribution in [0.15, 0.2) is 18.2 Å². The van der Waals surface area contributed by atoms with Crippen molar-refractivity contribution in [1.29, 1.82) is 5.26 Å². The summed E-state index contributed by atoms with van der Waals surface area (Å²) in [7, 11) is 0. The summed E-state index contributed by atoms with van der Waals surface area (Å²) in [4.78, 5) is 11.6. The predicted octanol–water partition coefficient (Wildman–Crippen LogP) is 2.37. The lowest BCUT2D eigenvalue weighted by molar-refractivity contribution is 0.0512. The maximum absolute atomic E-state index is 11.6. The average Bonchev–Trinajstić information content (AvgIpc) is 2.22. The molecule has 0 heterocycles. The maximum Gasteiger partial charge on any atom is 0.338 e. The molecular formula is C12H13NO2. The number of hydrogen-bond donors (Lipinski definition) is 0. The highest BCUT2D eigenvalue weighted by Crippen LogP contribution is 2.13. The van der Waals surface area contributed by atoms with Crippen molar-refractivity contribution in [2.75, 3.05) is 6.61 Å². The lowest BCUT2D eigenvalue weighted by atomic mass is 10.0. The van der Waals surface area contributed by atoms with Crippen LogP contribution in [0.4, 0.5) is 0 Å². The molecule has 15 heavy (non-hydrogen) atoms. The molecule has 1 aromatic carbocycles. The van der Waals surface area contributed by atoms with Gasteiger partial charge in [-0.15, -0.1) is 0 Å². The zero-order chi connectivity index (χ0) is 11.3. The van der Waals surface area contributed by atoms with Crippen LogP contribution in [-0.4, -0.2) is 12.6 Å². The molecular weight excluding hydrogens is 190 g/mol. The fourth-order valence-electron chi connectivity index (χ4n) is 1.24. The average molecular weight is 203 g/mol. The van der Waals surface area contributed by atoms with E-state index in [2.05, 4.69) is 0 Å². The Kier molecular flexibility index (Phi) is 3.87. The van der Waals surface area contributed by atoms with Gasteiger partial charge in [-0.2, -0.15) is 5.26 Å². The summed E-state index contributed by atoms with van der Waals surface area (Å²) in [5, 5.41) is 8.31. The number of benzene rings is 1. The molecule has 0 aliphatic carbocycles. The molecule has 0 aliphatic rings.